The van der Waals surface area contributed by atoms with Crippen LogP contribution in [0.5, 0.6) is 0 Å². The molecule has 4 rings (SSSR count). The Balaban J connectivity index is 1.66. The number of hydrogen-bond acceptors (Lipinski definition) is 4. The largest absolute Gasteiger partial charge is 0.347 e. The number of hydrogen-bond donors (Lipinski definition) is 1. The second kappa shape index (κ2) is 6.57. The lowest BCUT2D eigenvalue weighted by Crippen LogP contribution is -2.30. The minimum absolute atomic E-state index is 0.0998. The predicted octanol–water partition coefficient (Wildman–Crippen LogP) is 2.14. The first-order valence-corrected chi connectivity index (χ1v) is 8.98. The third-order valence-electron chi connectivity index (χ3n) is 4.72. The molecule has 1 N–H and O–H groups in total. The molecule has 8 heteroatoms. The lowest BCUT2D eigenvalue weighted by molar-refractivity contribution is 0.0948. The van der Waals surface area contributed by atoms with Crippen LogP contribution in [0.1, 0.15) is 35.4 Å². The highest BCUT2D eigenvalue weighted by Crippen LogP contribution is 2.18. The Morgan fingerprint density at radius 1 is 1.35 bits per heavy atom. The van der Waals surface area contributed by atoms with Gasteiger partial charge in [-0.1, -0.05) is 11.6 Å². The summed E-state index contributed by atoms with van der Waals surface area (Å²) in [6.45, 7) is 3.70. The molecule has 0 unspecified atom stereocenters. The zero-order valence-corrected chi connectivity index (χ0v) is 15.1. The summed E-state index contributed by atoms with van der Waals surface area (Å²) >= 11 is 6.03. The van der Waals surface area contributed by atoms with Crippen LogP contribution in [0.3, 0.4) is 0 Å². The minimum Gasteiger partial charge on any atom is -0.347 e. The fourth-order valence-corrected chi connectivity index (χ4v) is 3.56. The van der Waals surface area contributed by atoms with Gasteiger partial charge in [0.05, 0.1) is 12.1 Å². The van der Waals surface area contributed by atoms with Gasteiger partial charge in [0.15, 0.2) is 5.82 Å². The van der Waals surface area contributed by atoms with Crippen LogP contribution < -0.4 is 10.7 Å². The van der Waals surface area contributed by atoms with Gasteiger partial charge < -0.3 is 14.5 Å². The summed E-state index contributed by atoms with van der Waals surface area (Å²) in [5, 5.41) is 11.9. The summed E-state index contributed by atoms with van der Waals surface area (Å²) in [5.41, 5.74) is 0.535. The van der Waals surface area contributed by atoms with Crippen LogP contribution in [0.4, 0.5) is 0 Å². The summed E-state index contributed by atoms with van der Waals surface area (Å²) in [5.74, 6) is 1.24. The van der Waals surface area contributed by atoms with Crippen molar-refractivity contribution in [2.24, 2.45) is 0 Å². The summed E-state index contributed by atoms with van der Waals surface area (Å²) in [7, 11) is 0. The number of aromatic nitrogens is 4. The Bertz CT molecular complexity index is 1070. The Hall–Kier alpha value is -2.67. The number of nitrogens with one attached hydrogen (secondary N) is 1. The molecule has 0 saturated carbocycles. The number of carbonyl (C=O) groups excluding carboxylic acids is 1. The Morgan fingerprint density at radius 3 is 3.00 bits per heavy atom. The number of pyridine rings is 1. The smallest absolute Gasteiger partial charge is 0.257 e. The maximum atomic E-state index is 12.8. The summed E-state index contributed by atoms with van der Waals surface area (Å²) in [6.07, 6.45) is 3.55. The third-order valence-corrected chi connectivity index (χ3v) is 4.96. The average Bonchev–Trinajstić information content (AvgIpc) is 3.24. The number of rotatable bonds is 4. The van der Waals surface area contributed by atoms with Crippen molar-refractivity contribution in [3.05, 3.63) is 56.9 Å². The van der Waals surface area contributed by atoms with Gasteiger partial charge in [-0.15, -0.1) is 10.2 Å². The SMILES string of the molecule is CCn1cc(C(=O)NCc2nnc3n2CCC3)c(=O)c2cc(Cl)ccc21. The maximum Gasteiger partial charge on any atom is 0.257 e. The van der Waals surface area contributed by atoms with E-state index in [0.29, 0.717) is 22.8 Å². The summed E-state index contributed by atoms with van der Waals surface area (Å²) in [4.78, 5) is 25.4. The minimum atomic E-state index is -0.422. The lowest BCUT2D eigenvalue weighted by Gasteiger charge is -2.12. The first kappa shape index (κ1) is 16.8. The number of benzene rings is 1. The van der Waals surface area contributed by atoms with Crippen molar-refractivity contribution in [3.63, 3.8) is 0 Å². The Labute approximate surface area is 154 Å². The van der Waals surface area contributed by atoms with Gasteiger partial charge in [0.1, 0.15) is 11.4 Å². The first-order chi connectivity index (χ1) is 12.6. The molecule has 0 fully saturated rings. The van der Waals surface area contributed by atoms with E-state index in [4.69, 9.17) is 11.6 Å². The third kappa shape index (κ3) is 2.78. The predicted molar refractivity (Wildman–Crippen MR) is 98.4 cm³/mol. The zero-order valence-electron chi connectivity index (χ0n) is 14.3. The molecular formula is C18H18ClN5O2. The molecule has 0 radical (unpaired) electrons. The quantitative estimate of drug-likeness (QED) is 0.761. The van der Waals surface area contributed by atoms with Gasteiger partial charge in [0, 0.05) is 36.1 Å². The molecule has 1 aliphatic rings. The molecule has 0 aliphatic carbocycles. The number of nitrogens with zero attached hydrogens (tertiary/aromatic N) is 4. The molecule has 0 spiro atoms. The lowest BCUT2D eigenvalue weighted by atomic mass is 10.1. The van der Waals surface area contributed by atoms with Crippen LogP contribution in [0.25, 0.3) is 10.9 Å². The van der Waals surface area contributed by atoms with Gasteiger partial charge in [-0.05, 0) is 31.5 Å². The van der Waals surface area contributed by atoms with Crippen LogP contribution in [0.15, 0.2) is 29.2 Å². The molecule has 7 nitrogen and oxygen atoms in total. The normalized spacial score (nSPS) is 13.2. The zero-order chi connectivity index (χ0) is 18.3. The van der Waals surface area contributed by atoms with E-state index < -0.39 is 5.91 Å². The van der Waals surface area contributed by atoms with E-state index in [-0.39, 0.29) is 17.5 Å². The molecule has 1 amide bonds. The van der Waals surface area contributed by atoms with E-state index in [2.05, 4.69) is 15.5 Å². The second-order valence-electron chi connectivity index (χ2n) is 6.29. The summed E-state index contributed by atoms with van der Waals surface area (Å²) < 4.78 is 3.89. The van der Waals surface area contributed by atoms with Crippen LogP contribution in [-0.2, 0) is 26.1 Å². The first-order valence-electron chi connectivity index (χ1n) is 8.60. The van der Waals surface area contributed by atoms with Crippen molar-refractivity contribution in [2.45, 2.75) is 39.4 Å². The Kier molecular flexibility index (Phi) is 4.24. The van der Waals surface area contributed by atoms with Gasteiger partial charge in [-0.25, -0.2) is 0 Å². The molecule has 2 aromatic heterocycles. The number of fused-ring (bicyclic) bond motifs is 2. The van der Waals surface area contributed by atoms with Crippen molar-refractivity contribution in [2.75, 3.05) is 0 Å². The molecule has 0 saturated heterocycles. The molecule has 0 atom stereocenters. The van der Waals surface area contributed by atoms with E-state index >= 15 is 0 Å². The number of halogens is 1. The van der Waals surface area contributed by atoms with Crippen LogP contribution in [-0.4, -0.2) is 25.2 Å². The van der Waals surface area contributed by atoms with Gasteiger partial charge in [0.25, 0.3) is 5.91 Å². The molecule has 26 heavy (non-hydrogen) atoms. The van der Waals surface area contributed by atoms with Crippen molar-refractivity contribution >= 4 is 28.4 Å². The van der Waals surface area contributed by atoms with Crippen LogP contribution >= 0.6 is 11.6 Å². The van der Waals surface area contributed by atoms with E-state index in [9.17, 15) is 9.59 Å². The monoisotopic (exact) mass is 371 g/mol. The second-order valence-corrected chi connectivity index (χ2v) is 6.73. The molecule has 1 aliphatic heterocycles. The van der Waals surface area contributed by atoms with Crippen molar-refractivity contribution < 1.29 is 4.79 Å². The van der Waals surface area contributed by atoms with Gasteiger partial charge >= 0.3 is 0 Å². The maximum absolute atomic E-state index is 12.8. The topological polar surface area (TPSA) is 81.8 Å². The standard InChI is InChI=1S/C18H18ClN5O2/c1-2-23-10-13(17(25)12-8-11(19)5-6-14(12)23)18(26)20-9-16-22-21-15-4-3-7-24(15)16/h5-6,8,10H,2-4,7,9H2,1H3,(H,20,26). The van der Waals surface area contributed by atoms with Gasteiger partial charge in [-0.3, -0.25) is 9.59 Å². The number of aryl methyl sites for hydroxylation is 2. The van der Waals surface area contributed by atoms with E-state index in [1.807, 2.05) is 16.1 Å². The van der Waals surface area contributed by atoms with Crippen LogP contribution in [0.2, 0.25) is 5.02 Å². The number of amides is 1. The van der Waals surface area contributed by atoms with Crippen LogP contribution in [0, 0.1) is 0 Å². The highest BCUT2D eigenvalue weighted by Gasteiger charge is 2.19. The van der Waals surface area contributed by atoms with Crippen molar-refractivity contribution in [1.29, 1.82) is 0 Å². The van der Waals surface area contributed by atoms with E-state index in [1.54, 1.807) is 24.4 Å². The molecule has 134 valence electrons. The Morgan fingerprint density at radius 2 is 2.19 bits per heavy atom. The summed E-state index contributed by atoms with van der Waals surface area (Å²) in [6, 6.07) is 5.14. The van der Waals surface area contributed by atoms with Crippen molar-refractivity contribution in [1.82, 2.24) is 24.6 Å². The fourth-order valence-electron chi connectivity index (χ4n) is 3.39. The highest BCUT2D eigenvalue weighted by molar-refractivity contribution is 6.31. The average molecular weight is 372 g/mol. The van der Waals surface area contributed by atoms with Gasteiger partial charge in [-0.2, -0.15) is 0 Å². The van der Waals surface area contributed by atoms with Crippen molar-refractivity contribution in [3.8, 4) is 0 Å². The molecule has 3 aromatic rings. The van der Waals surface area contributed by atoms with E-state index in [1.165, 1.54) is 0 Å². The molecular weight excluding hydrogens is 354 g/mol. The van der Waals surface area contributed by atoms with E-state index in [0.717, 1.165) is 30.7 Å². The molecule has 3 heterocycles. The highest BCUT2D eigenvalue weighted by atomic mass is 35.5. The van der Waals surface area contributed by atoms with Gasteiger partial charge in [0.2, 0.25) is 5.43 Å². The molecule has 1 aromatic carbocycles. The number of carbonyl (C=O) groups is 1. The molecule has 0 bridgehead atoms. The fraction of sp³-hybridized carbons (Fsp3) is 0.333.